The van der Waals surface area contributed by atoms with E-state index in [0.717, 1.165) is 28.9 Å². The minimum Gasteiger partial charge on any atom is -0.497 e. The van der Waals surface area contributed by atoms with Crippen molar-refractivity contribution in [1.29, 1.82) is 0 Å². The van der Waals surface area contributed by atoms with Gasteiger partial charge in [0.1, 0.15) is 11.6 Å². The number of hydrogen-bond donors (Lipinski definition) is 2. The van der Waals surface area contributed by atoms with Crippen LogP contribution in [0, 0.1) is 12.8 Å². The van der Waals surface area contributed by atoms with Gasteiger partial charge in [0.05, 0.1) is 20.2 Å². The zero-order chi connectivity index (χ0) is 17.8. The SMILES string of the molecule is COc1ccc(CN=C(NCc2nnc(C)n2C)NC2CC2C)cc1. The van der Waals surface area contributed by atoms with Crippen molar-refractivity contribution >= 4 is 5.96 Å². The van der Waals surface area contributed by atoms with Gasteiger partial charge in [0, 0.05) is 13.1 Å². The van der Waals surface area contributed by atoms with E-state index < -0.39 is 0 Å². The molecule has 7 heteroatoms. The third-order valence-corrected chi connectivity index (χ3v) is 4.61. The highest BCUT2D eigenvalue weighted by atomic mass is 16.5. The summed E-state index contributed by atoms with van der Waals surface area (Å²) < 4.78 is 7.17. The van der Waals surface area contributed by atoms with E-state index in [1.165, 1.54) is 6.42 Å². The van der Waals surface area contributed by atoms with Crippen LogP contribution in [0.1, 0.15) is 30.6 Å². The van der Waals surface area contributed by atoms with E-state index in [1.807, 2.05) is 42.8 Å². The van der Waals surface area contributed by atoms with Crippen LogP contribution in [0.2, 0.25) is 0 Å². The van der Waals surface area contributed by atoms with Crippen molar-refractivity contribution in [2.45, 2.75) is 39.4 Å². The lowest BCUT2D eigenvalue weighted by Gasteiger charge is -2.12. The molecule has 0 aliphatic heterocycles. The Morgan fingerprint density at radius 3 is 2.60 bits per heavy atom. The normalized spacial score (nSPS) is 19.6. The first kappa shape index (κ1) is 17.3. The fraction of sp³-hybridized carbons (Fsp3) is 0.500. The minimum atomic E-state index is 0.503. The molecule has 2 atom stereocenters. The fourth-order valence-electron chi connectivity index (χ4n) is 2.52. The molecular formula is C18H26N6O. The van der Waals surface area contributed by atoms with E-state index in [-0.39, 0.29) is 0 Å². The smallest absolute Gasteiger partial charge is 0.192 e. The Labute approximate surface area is 148 Å². The maximum atomic E-state index is 5.19. The highest BCUT2D eigenvalue weighted by molar-refractivity contribution is 5.80. The van der Waals surface area contributed by atoms with Crippen LogP contribution in [0.3, 0.4) is 0 Å². The lowest BCUT2D eigenvalue weighted by molar-refractivity contribution is 0.414. The Hall–Kier alpha value is -2.57. The first-order valence-corrected chi connectivity index (χ1v) is 8.59. The molecule has 25 heavy (non-hydrogen) atoms. The molecule has 1 aromatic carbocycles. The molecule has 0 saturated heterocycles. The Morgan fingerprint density at radius 1 is 1.32 bits per heavy atom. The van der Waals surface area contributed by atoms with Crippen LogP contribution in [0.15, 0.2) is 29.3 Å². The zero-order valence-corrected chi connectivity index (χ0v) is 15.3. The number of aliphatic imine (C=N–C) groups is 1. The van der Waals surface area contributed by atoms with Crippen molar-refractivity contribution < 1.29 is 4.74 Å². The molecule has 1 fully saturated rings. The number of hydrogen-bond acceptors (Lipinski definition) is 4. The van der Waals surface area contributed by atoms with Crippen LogP contribution in [0.5, 0.6) is 5.75 Å². The van der Waals surface area contributed by atoms with Gasteiger partial charge in [-0.25, -0.2) is 4.99 Å². The van der Waals surface area contributed by atoms with Gasteiger partial charge in [0.25, 0.3) is 0 Å². The summed E-state index contributed by atoms with van der Waals surface area (Å²) in [6.45, 7) is 5.38. The first-order chi connectivity index (χ1) is 12.1. The van der Waals surface area contributed by atoms with Crippen LogP contribution >= 0.6 is 0 Å². The average molecular weight is 342 g/mol. The van der Waals surface area contributed by atoms with Crippen molar-refractivity contribution in [2.75, 3.05) is 7.11 Å². The van der Waals surface area contributed by atoms with Gasteiger partial charge in [-0.15, -0.1) is 10.2 Å². The van der Waals surface area contributed by atoms with Gasteiger partial charge in [-0.2, -0.15) is 0 Å². The van der Waals surface area contributed by atoms with Crippen LogP contribution in [0.4, 0.5) is 0 Å². The second-order valence-corrected chi connectivity index (χ2v) is 6.55. The van der Waals surface area contributed by atoms with Gasteiger partial charge >= 0.3 is 0 Å². The standard InChI is InChI=1S/C18H26N6O/c1-12-9-16(12)21-18(20-11-17-23-22-13(2)24(17)3)19-10-14-5-7-15(25-4)8-6-14/h5-8,12,16H,9-11H2,1-4H3,(H2,19,20,21). The maximum Gasteiger partial charge on any atom is 0.192 e. The summed E-state index contributed by atoms with van der Waals surface area (Å²) in [5.74, 6) is 4.15. The van der Waals surface area contributed by atoms with Crippen LogP contribution in [0.25, 0.3) is 0 Å². The van der Waals surface area contributed by atoms with E-state index >= 15 is 0 Å². The summed E-state index contributed by atoms with van der Waals surface area (Å²) >= 11 is 0. The number of methoxy groups -OCH3 is 1. The van der Waals surface area contributed by atoms with Gasteiger partial charge in [-0.3, -0.25) is 0 Å². The topological polar surface area (TPSA) is 76.4 Å². The van der Waals surface area contributed by atoms with Crippen molar-refractivity contribution in [3.8, 4) is 5.75 Å². The molecule has 1 aromatic heterocycles. The summed E-state index contributed by atoms with van der Waals surface area (Å²) in [5.41, 5.74) is 1.14. The Morgan fingerprint density at radius 2 is 2.04 bits per heavy atom. The van der Waals surface area contributed by atoms with E-state index in [2.05, 4.69) is 27.8 Å². The van der Waals surface area contributed by atoms with E-state index in [0.29, 0.717) is 25.0 Å². The molecule has 1 aliphatic carbocycles. The van der Waals surface area contributed by atoms with E-state index in [9.17, 15) is 0 Å². The van der Waals surface area contributed by atoms with Crippen LogP contribution < -0.4 is 15.4 Å². The number of benzene rings is 1. The van der Waals surface area contributed by atoms with Crippen molar-refractivity contribution in [3.63, 3.8) is 0 Å². The molecule has 2 aromatic rings. The van der Waals surface area contributed by atoms with Gasteiger partial charge in [0.2, 0.25) is 0 Å². The average Bonchev–Trinajstić information content (AvgIpc) is 3.23. The number of aromatic nitrogens is 3. The fourth-order valence-corrected chi connectivity index (χ4v) is 2.52. The molecule has 2 unspecified atom stereocenters. The second-order valence-electron chi connectivity index (χ2n) is 6.55. The molecule has 0 radical (unpaired) electrons. The highest BCUT2D eigenvalue weighted by Crippen LogP contribution is 2.28. The molecule has 0 bridgehead atoms. The lowest BCUT2D eigenvalue weighted by Crippen LogP contribution is -2.39. The maximum absolute atomic E-state index is 5.19. The van der Waals surface area contributed by atoms with E-state index in [1.54, 1.807) is 7.11 Å². The van der Waals surface area contributed by atoms with Gasteiger partial charge in [0.15, 0.2) is 11.8 Å². The monoisotopic (exact) mass is 342 g/mol. The molecule has 0 spiro atoms. The Balaban J connectivity index is 1.64. The summed E-state index contributed by atoms with van der Waals surface area (Å²) in [7, 11) is 3.64. The largest absolute Gasteiger partial charge is 0.497 e. The van der Waals surface area contributed by atoms with Gasteiger partial charge in [-0.1, -0.05) is 19.1 Å². The van der Waals surface area contributed by atoms with Crippen LogP contribution in [-0.2, 0) is 20.1 Å². The predicted octanol–water partition coefficient (Wildman–Crippen LogP) is 1.78. The molecule has 134 valence electrons. The Kier molecular flexibility index (Phi) is 5.21. The first-order valence-electron chi connectivity index (χ1n) is 8.59. The van der Waals surface area contributed by atoms with Crippen molar-refractivity contribution in [3.05, 3.63) is 41.5 Å². The molecule has 3 rings (SSSR count). The van der Waals surface area contributed by atoms with Gasteiger partial charge < -0.3 is 19.9 Å². The van der Waals surface area contributed by atoms with Crippen molar-refractivity contribution in [2.24, 2.45) is 18.0 Å². The molecule has 7 nitrogen and oxygen atoms in total. The third kappa shape index (κ3) is 4.49. The molecule has 1 aliphatic rings. The quantitative estimate of drug-likeness (QED) is 0.618. The highest BCUT2D eigenvalue weighted by Gasteiger charge is 2.33. The Bertz CT molecular complexity index is 737. The van der Waals surface area contributed by atoms with E-state index in [4.69, 9.17) is 9.73 Å². The second kappa shape index (κ2) is 7.55. The molecule has 1 heterocycles. The number of guanidine groups is 1. The summed E-state index contributed by atoms with van der Waals surface area (Å²) in [4.78, 5) is 4.71. The summed E-state index contributed by atoms with van der Waals surface area (Å²) in [6, 6.07) is 8.48. The lowest BCUT2D eigenvalue weighted by atomic mass is 10.2. The van der Waals surface area contributed by atoms with Crippen molar-refractivity contribution in [1.82, 2.24) is 25.4 Å². The zero-order valence-electron chi connectivity index (χ0n) is 15.3. The molecule has 1 saturated carbocycles. The third-order valence-electron chi connectivity index (χ3n) is 4.61. The predicted molar refractivity (Wildman–Crippen MR) is 97.4 cm³/mol. The summed E-state index contributed by atoms with van der Waals surface area (Å²) in [5, 5.41) is 15.1. The number of rotatable bonds is 6. The minimum absolute atomic E-state index is 0.503. The molecule has 2 N–H and O–H groups in total. The number of nitrogens with one attached hydrogen (secondary N) is 2. The number of ether oxygens (including phenoxy) is 1. The van der Waals surface area contributed by atoms with Crippen LogP contribution in [-0.4, -0.2) is 33.9 Å². The summed E-state index contributed by atoms with van der Waals surface area (Å²) in [6.07, 6.45) is 1.19. The number of aryl methyl sites for hydroxylation is 1. The number of nitrogens with zero attached hydrogens (tertiary/aromatic N) is 4. The molecule has 0 amide bonds. The molecular weight excluding hydrogens is 316 g/mol. The van der Waals surface area contributed by atoms with Gasteiger partial charge in [-0.05, 0) is 37.0 Å².